The van der Waals surface area contributed by atoms with Crippen molar-refractivity contribution in [2.75, 3.05) is 0 Å². The molecular weight excluding hydrogens is 884 g/mol. The minimum absolute atomic E-state index is 0.190. The van der Waals surface area contributed by atoms with Crippen LogP contribution in [0.15, 0.2) is 127 Å². The SMILES string of the molecule is Cc1ccc(C)c(Cl)c1.Cc1ccc(F)c(Cl)c1.Cc1cccc(C(F)(F)F)c1.Cc1cccc(C(F)(F)F)c1Cl.Cc1cccc(Cl)c1.Cc1ccccc1C(F)(F)F. The normalized spacial score (nSPS) is 10.8. The minimum Gasteiger partial charge on any atom is -0.205 e. The quantitative estimate of drug-likeness (QED) is 0.133. The number of aryl methyl sites for hydroxylation is 7. The maximum absolute atomic E-state index is 12.4. The van der Waals surface area contributed by atoms with E-state index in [4.69, 9.17) is 46.4 Å². The van der Waals surface area contributed by atoms with Crippen LogP contribution in [0.25, 0.3) is 0 Å². The monoisotopic (exact) mass is 924 g/mol. The smallest absolute Gasteiger partial charge is 0.205 e. The van der Waals surface area contributed by atoms with Crippen molar-refractivity contribution >= 4 is 46.4 Å². The maximum atomic E-state index is 12.4. The lowest BCUT2D eigenvalue weighted by Crippen LogP contribution is -2.06. The predicted molar refractivity (Wildman–Crippen MR) is 227 cm³/mol. The second-order valence-electron chi connectivity index (χ2n) is 13.1. The Hall–Kier alpha value is -4.22. The van der Waals surface area contributed by atoms with Crippen molar-refractivity contribution in [3.63, 3.8) is 0 Å². The summed E-state index contributed by atoms with van der Waals surface area (Å²) in [6.45, 7) is 12.5. The average molecular weight is 927 g/mol. The maximum Gasteiger partial charge on any atom is 0.417 e. The molecule has 0 saturated carbocycles. The fourth-order valence-corrected chi connectivity index (χ4v) is 5.43. The van der Waals surface area contributed by atoms with Gasteiger partial charge in [0.25, 0.3) is 0 Å². The summed E-state index contributed by atoms with van der Waals surface area (Å²) in [4.78, 5) is 0. The Labute approximate surface area is 364 Å². The molecular formula is C46H42Cl4F10. The zero-order valence-corrected chi connectivity index (χ0v) is 36.4. The highest BCUT2D eigenvalue weighted by Gasteiger charge is 2.33. The fourth-order valence-electron chi connectivity index (χ4n) is 4.48. The Balaban J connectivity index is 0.000000362. The zero-order valence-electron chi connectivity index (χ0n) is 33.4. The second-order valence-corrected chi connectivity index (χ2v) is 14.7. The summed E-state index contributed by atoms with van der Waals surface area (Å²) >= 11 is 22.4. The second kappa shape index (κ2) is 24.9. The van der Waals surface area contributed by atoms with Crippen LogP contribution in [-0.4, -0.2) is 0 Å². The molecule has 6 aromatic rings. The molecule has 0 aliphatic heterocycles. The van der Waals surface area contributed by atoms with Crippen LogP contribution in [0.2, 0.25) is 20.1 Å². The minimum atomic E-state index is -4.36. The Morgan fingerprint density at radius 1 is 0.367 bits per heavy atom. The molecule has 6 rings (SSSR count). The van der Waals surface area contributed by atoms with Gasteiger partial charge in [-0.3, -0.25) is 0 Å². The summed E-state index contributed by atoms with van der Waals surface area (Å²) in [6, 6.07) is 33.0. The largest absolute Gasteiger partial charge is 0.417 e. The third kappa shape index (κ3) is 20.8. The molecule has 60 heavy (non-hydrogen) atoms. The number of hydrogen-bond donors (Lipinski definition) is 0. The number of benzene rings is 6. The van der Waals surface area contributed by atoms with Crippen molar-refractivity contribution in [3.8, 4) is 0 Å². The van der Waals surface area contributed by atoms with Gasteiger partial charge in [0.15, 0.2) is 0 Å². The Morgan fingerprint density at radius 2 is 0.817 bits per heavy atom. The zero-order chi connectivity index (χ0) is 46.0. The van der Waals surface area contributed by atoms with E-state index in [9.17, 15) is 43.9 Å². The van der Waals surface area contributed by atoms with E-state index in [0.717, 1.165) is 45.4 Å². The number of halogens is 14. The van der Waals surface area contributed by atoms with Gasteiger partial charge in [0, 0.05) is 10.0 Å². The topological polar surface area (TPSA) is 0 Å². The van der Waals surface area contributed by atoms with Gasteiger partial charge in [0.1, 0.15) is 5.82 Å². The van der Waals surface area contributed by atoms with Crippen LogP contribution < -0.4 is 0 Å². The molecule has 0 bridgehead atoms. The summed E-state index contributed by atoms with van der Waals surface area (Å²) in [6.07, 6.45) is -12.8. The van der Waals surface area contributed by atoms with Crippen molar-refractivity contribution in [1.29, 1.82) is 0 Å². The molecule has 324 valence electrons. The number of rotatable bonds is 0. The van der Waals surface area contributed by atoms with Gasteiger partial charge in [-0.15, -0.1) is 0 Å². The van der Waals surface area contributed by atoms with E-state index in [2.05, 4.69) is 6.07 Å². The number of alkyl halides is 9. The molecule has 0 spiro atoms. The van der Waals surface area contributed by atoms with Crippen LogP contribution >= 0.6 is 46.4 Å². The van der Waals surface area contributed by atoms with Crippen LogP contribution in [0.5, 0.6) is 0 Å². The molecule has 0 fully saturated rings. The molecule has 0 saturated heterocycles. The highest BCUT2D eigenvalue weighted by Crippen LogP contribution is 2.36. The van der Waals surface area contributed by atoms with Gasteiger partial charge >= 0.3 is 18.5 Å². The van der Waals surface area contributed by atoms with E-state index < -0.39 is 35.2 Å². The molecule has 0 radical (unpaired) electrons. The van der Waals surface area contributed by atoms with Crippen molar-refractivity contribution < 1.29 is 43.9 Å². The summed E-state index contributed by atoms with van der Waals surface area (Å²) in [5.41, 5.74) is 3.94. The fraction of sp³-hybridized carbons (Fsp3) is 0.217. The van der Waals surface area contributed by atoms with Gasteiger partial charge in [-0.1, -0.05) is 131 Å². The van der Waals surface area contributed by atoms with E-state index in [0.29, 0.717) is 11.1 Å². The molecule has 14 heteroatoms. The molecule has 0 unspecified atom stereocenters. The molecule has 0 aliphatic rings. The first kappa shape index (κ1) is 53.8. The predicted octanol–water partition coefficient (Wildman–Crippen LogP) is 18.1. The summed E-state index contributed by atoms with van der Waals surface area (Å²) in [5, 5.41) is 1.64. The van der Waals surface area contributed by atoms with E-state index in [-0.39, 0.29) is 21.4 Å². The van der Waals surface area contributed by atoms with Crippen molar-refractivity contribution in [2.45, 2.75) is 67.0 Å². The van der Waals surface area contributed by atoms with Gasteiger partial charge in [0.05, 0.1) is 26.7 Å². The van der Waals surface area contributed by atoms with Crippen molar-refractivity contribution in [2.24, 2.45) is 0 Å². The van der Waals surface area contributed by atoms with Gasteiger partial charge in [-0.2, -0.15) is 39.5 Å². The molecule has 0 atom stereocenters. The van der Waals surface area contributed by atoms with Crippen molar-refractivity contribution in [3.05, 3.63) is 209 Å². The van der Waals surface area contributed by atoms with Gasteiger partial charge in [-0.25, -0.2) is 4.39 Å². The first-order chi connectivity index (χ1) is 27.6. The van der Waals surface area contributed by atoms with Crippen molar-refractivity contribution in [1.82, 2.24) is 0 Å². The molecule has 0 aromatic heterocycles. The summed E-state index contributed by atoms with van der Waals surface area (Å²) < 4.78 is 121. The van der Waals surface area contributed by atoms with E-state index in [1.54, 1.807) is 31.2 Å². The van der Waals surface area contributed by atoms with Gasteiger partial charge in [-0.05, 0) is 130 Å². The Kier molecular flexibility index (Phi) is 22.3. The Morgan fingerprint density at radius 3 is 1.18 bits per heavy atom. The molecule has 6 aromatic carbocycles. The van der Waals surface area contributed by atoms with Crippen LogP contribution in [0.4, 0.5) is 43.9 Å². The molecule has 0 aliphatic carbocycles. The molecule has 0 heterocycles. The molecule has 0 N–H and O–H groups in total. The van der Waals surface area contributed by atoms with Gasteiger partial charge in [0.2, 0.25) is 0 Å². The van der Waals surface area contributed by atoms with Crippen LogP contribution in [-0.2, 0) is 18.5 Å². The summed E-state index contributed by atoms with van der Waals surface area (Å²) in [7, 11) is 0. The van der Waals surface area contributed by atoms with E-state index >= 15 is 0 Å². The molecule has 0 amide bonds. The van der Waals surface area contributed by atoms with Crippen LogP contribution in [0.3, 0.4) is 0 Å². The highest BCUT2D eigenvalue weighted by atomic mass is 35.5. The summed E-state index contributed by atoms with van der Waals surface area (Å²) in [5.74, 6) is -0.359. The van der Waals surface area contributed by atoms with E-state index in [1.807, 2.05) is 64.1 Å². The average Bonchev–Trinajstić information content (AvgIpc) is 3.13. The molecule has 0 nitrogen and oxygen atoms in total. The lowest BCUT2D eigenvalue weighted by atomic mass is 10.1. The van der Waals surface area contributed by atoms with Gasteiger partial charge < -0.3 is 0 Å². The lowest BCUT2D eigenvalue weighted by Gasteiger charge is -2.09. The lowest BCUT2D eigenvalue weighted by molar-refractivity contribution is -0.138. The van der Waals surface area contributed by atoms with E-state index in [1.165, 1.54) is 61.4 Å². The first-order valence-electron chi connectivity index (χ1n) is 17.6. The Bertz CT molecular complexity index is 2160. The van der Waals surface area contributed by atoms with Crippen LogP contribution in [0.1, 0.15) is 55.6 Å². The number of hydrogen-bond acceptors (Lipinski definition) is 0. The third-order valence-electron chi connectivity index (χ3n) is 7.68. The standard InChI is InChI=1S/C8H6ClF3.C8H9Cl.2C8H7F3.C7H6ClF.C7H7Cl/c1-5-3-2-4-6(7(5)9)8(10,11)12;1-6-3-4-7(2)8(9)5-6;1-6-3-2-4-7(5-6)8(9,10)11;1-6-4-2-3-5-7(6)8(9,10)11;1-5-2-3-7(9)6(8)4-5;1-6-3-2-4-7(8)5-6/h2-4H,1H3;3-5H,1-2H3;2*2-5H,1H3;2-4H,1H3;2-5H,1H3. The highest BCUT2D eigenvalue weighted by molar-refractivity contribution is 6.32. The van der Waals surface area contributed by atoms with Crippen LogP contribution in [0, 0.1) is 54.3 Å². The third-order valence-corrected chi connectivity index (χ3v) is 9.11. The first-order valence-corrected chi connectivity index (χ1v) is 19.1.